The van der Waals surface area contributed by atoms with Crippen LogP contribution < -0.4 is 20.1 Å². The van der Waals surface area contributed by atoms with E-state index in [0.29, 0.717) is 6.54 Å². The Bertz CT molecular complexity index is 595. The van der Waals surface area contributed by atoms with Crippen molar-refractivity contribution >= 4 is 6.03 Å². The van der Waals surface area contributed by atoms with Gasteiger partial charge < -0.3 is 25.0 Å². The lowest BCUT2D eigenvalue weighted by molar-refractivity contribution is 0.173. The van der Waals surface area contributed by atoms with Crippen molar-refractivity contribution in [2.24, 2.45) is 5.92 Å². The van der Waals surface area contributed by atoms with Gasteiger partial charge in [0.15, 0.2) is 11.5 Å². The van der Waals surface area contributed by atoms with Crippen LogP contribution in [-0.4, -0.2) is 43.4 Å². The fraction of sp³-hybridized carbons (Fsp3) is 0.611. The standard InChI is InChI=1S/C18H25N3O3/c22-18(19-10-14-2-1-3-16-17(14)24-12-23-16)20-15-6-8-21(9-7-15)11-13-4-5-13/h1-3,13,15H,4-12H2,(H2,19,20,22). The van der Waals surface area contributed by atoms with Gasteiger partial charge in [-0.05, 0) is 37.7 Å². The molecule has 1 aliphatic carbocycles. The average Bonchev–Trinajstić information content (AvgIpc) is 3.27. The molecule has 0 aromatic heterocycles. The lowest BCUT2D eigenvalue weighted by Crippen LogP contribution is -2.48. The minimum Gasteiger partial charge on any atom is -0.454 e. The molecule has 6 heteroatoms. The highest BCUT2D eigenvalue weighted by Gasteiger charge is 2.27. The molecule has 4 rings (SSSR count). The minimum absolute atomic E-state index is 0.104. The molecular formula is C18H25N3O3. The first kappa shape index (κ1) is 15.6. The zero-order valence-electron chi connectivity index (χ0n) is 13.9. The van der Waals surface area contributed by atoms with Crippen molar-refractivity contribution in [1.82, 2.24) is 15.5 Å². The highest BCUT2D eigenvalue weighted by Crippen LogP contribution is 2.35. The Morgan fingerprint density at radius 3 is 2.79 bits per heavy atom. The number of rotatable bonds is 5. The van der Waals surface area contributed by atoms with Crippen molar-refractivity contribution in [3.63, 3.8) is 0 Å². The summed E-state index contributed by atoms with van der Waals surface area (Å²) in [5.41, 5.74) is 0.944. The fourth-order valence-corrected chi connectivity index (χ4v) is 3.47. The van der Waals surface area contributed by atoms with E-state index in [0.717, 1.165) is 48.9 Å². The SMILES string of the molecule is O=C(NCc1cccc2c1OCO2)NC1CCN(CC2CC2)CC1. The number of fused-ring (bicyclic) bond motifs is 1. The summed E-state index contributed by atoms with van der Waals surface area (Å²) in [6, 6.07) is 5.91. The number of hydrogen-bond acceptors (Lipinski definition) is 4. The van der Waals surface area contributed by atoms with Gasteiger partial charge >= 0.3 is 6.03 Å². The van der Waals surface area contributed by atoms with Crippen molar-refractivity contribution in [1.29, 1.82) is 0 Å². The molecule has 0 radical (unpaired) electrons. The molecule has 0 atom stereocenters. The molecule has 0 spiro atoms. The summed E-state index contributed by atoms with van der Waals surface area (Å²) in [5.74, 6) is 2.43. The maximum absolute atomic E-state index is 12.1. The van der Waals surface area contributed by atoms with Crippen LogP contribution in [0.4, 0.5) is 4.79 Å². The Morgan fingerprint density at radius 1 is 1.17 bits per heavy atom. The van der Waals surface area contributed by atoms with Crippen LogP contribution in [0.1, 0.15) is 31.2 Å². The Balaban J connectivity index is 1.21. The predicted octanol–water partition coefficient (Wildman–Crippen LogP) is 2.09. The van der Waals surface area contributed by atoms with Crippen molar-refractivity contribution < 1.29 is 14.3 Å². The van der Waals surface area contributed by atoms with E-state index < -0.39 is 0 Å². The molecule has 2 heterocycles. The van der Waals surface area contributed by atoms with Crippen LogP contribution in [0.5, 0.6) is 11.5 Å². The number of carbonyl (C=O) groups is 1. The van der Waals surface area contributed by atoms with E-state index in [-0.39, 0.29) is 18.9 Å². The summed E-state index contributed by atoms with van der Waals surface area (Å²) in [6.45, 7) is 4.13. The third-order valence-electron chi connectivity index (χ3n) is 5.05. The molecule has 24 heavy (non-hydrogen) atoms. The molecular weight excluding hydrogens is 306 g/mol. The largest absolute Gasteiger partial charge is 0.454 e. The van der Waals surface area contributed by atoms with E-state index >= 15 is 0 Å². The molecule has 1 saturated carbocycles. The molecule has 1 saturated heterocycles. The number of amides is 2. The zero-order valence-corrected chi connectivity index (χ0v) is 13.9. The molecule has 2 aliphatic heterocycles. The predicted molar refractivity (Wildman–Crippen MR) is 90.1 cm³/mol. The first-order valence-corrected chi connectivity index (χ1v) is 8.92. The van der Waals surface area contributed by atoms with Gasteiger partial charge in [-0.25, -0.2) is 4.79 Å². The number of para-hydroxylation sites is 1. The van der Waals surface area contributed by atoms with Crippen molar-refractivity contribution in [2.45, 2.75) is 38.3 Å². The molecule has 0 bridgehead atoms. The Labute approximate surface area is 142 Å². The van der Waals surface area contributed by atoms with Gasteiger partial charge in [0.05, 0.1) is 0 Å². The van der Waals surface area contributed by atoms with Gasteiger partial charge in [0.2, 0.25) is 6.79 Å². The summed E-state index contributed by atoms with van der Waals surface area (Å²) in [7, 11) is 0. The Morgan fingerprint density at radius 2 is 2.00 bits per heavy atom. The summed E-state index contributed by atoms with van der Waals surface area (Å²) < 4.78 is 10.8. The summed E-state index contributed by atoms with van der Waals surface area (Å²) in [5, 5.41) is 6.03. The van der Waals surface area contributed by atoms with Gasteiger partial charge in [-0.1, -0.05) is 12.1 Å². The number of carbonyl (C=O) groups excluding carboxylic acids is 1. The van der Waals surface area contributed by atoms with Gasteiger partial charge in [-0.2, -0.15) is 0 Å². The normalized spacial score (nSPS) is 20.8. The van der Waals surface area contributed by atoms with Gasteiger partial charge in [0.25, 0.3) is 0 Å². The highest BCUT2D eigenvalue weighted by atomic mass is 16.7. The molecule has 3 aliphatic rings. The van der Waals surface area contributed by atoms with E-state index in [4.69, 9.17) is 9.47 Å². The van der Waals surface area contributed by atoms with E-state index in [9.17, 15) is 4.79 Å². The average molecular weight is 331 g/mol. The number of nitrogens with zero attached hydrogens (tertiary/aromatic N) is 1. The maximum Gasteiger partial charge on any atom is 0.315 e. The summed E-state index contributed by atoms with van der Waals surface area (Å²) in [6.07, 6.45) is 4.88. The quantitative estimate of drug-likeness (QED) is 0.867. The smallest absolute Gasteiger partial charge is 0.315 e. The van der Waals surface area contributed by atoms with Crippen LogP contribution in [0.25, 0.3) is 0 Å². The Kier molecular flexibility index (Phi) is 4.47. The monoisotopic (exact) mass is 331 g/mol. The molecule has 6 nitrogen and oxygen atoms in total. The molecule has 2 amide bonds. The fourth-order valence-electron chi connectivity index (χ4n) is 3.47. The zero-order chi connectivity index (χ0) is 16.4. The van der Waals surface area contributed by atoms with Gasteiger partial charge in [0, 0.05) is 37.8 Å². The van der Waals surface area contributed by atoms with Crippen molar-refractivity contribution in [3.05, 3.63) is 23.8 Å². The third kappa shape index (κ3) is 3.75. The molecule has 2 N–H and O–H groups in total. The second-order valence-corrected chi connectivity index (χ2v) is 7.00. The van der Waals surface area contributed by atoms with Crippen LogP contribution in [0.2, 0.25) is 0 Å². The van der Waals surface area contributed by atoms with Crippen LogP contribution in [0.15, 0.2) is 18.2 Å². The van der Waals surface area contributed by atoms with Gasteiger partial charge in [-0.3, -0.25) is 0 Å². The molecule has 0 unspecified atom stereocenters. The first-order chi connectivity index (χ1) is 11.8. The van der Waals surface area contributed by atoms with E-state index in [1.165, 1.54) is 19.4 Å². The number of likely N-dealkylation sites (tertiary alicyclic amines) is 1. The van der Waals surface area contributed by atoms with Gasteiger partial charge in [-0.15, -0.1) is 0 Å². The Hall–Kier alpha value is -1.95. The van der Waals surface area contributed by atoms with Crippen molar-refractivity contribution in [2.75, 3.05) is 26.4 Å². The number of benzene rings is 1. The van der Waals surface area contributed by atoms with Crippen LogP contribution >= 0.6 is 0 Å². The van der Waals surface area contributed by atoms with Crippen molar-refractivity contribution in [3.8, 4) is 11.5 Å². The number of nitrogens with one attached hydrogen (secondary N) is 2. The summed E-state index contributed by atoms with van der Waals surface area (Å²) >= 11 is 0. The van der Waals surface area contributed by atoms with Crippen LogP contribution in [0, 0.1) is 5.92 Å². The van der Waals surface area contributed by atoms with Crippen LogP contribution in [0.3, 0.4) is 0 Å². The highest BCUT2D eigenvalue weighted by molar-refractivity contribution is 5.74. The van der Waals surface area contributed by atoms with Crippen LogP contribution in [-0.2, 0) is 6.54 Å². The maximum atomic E-state index is 12.1. The van der Waals surface area contributed by atoms with E-state index in [1.807, 2.05) is 18.2 Å². The van der Waals surface area contributed by atoms with E-state index in [1.54, 1.807) is 0 Å². The van der Waals surface area contributed by atoms with E-state index in [2.05, 4.69) is 15.5 Å². The molecule has 130 valence electrons. The number of ether oxygens (including phenoxy) is 2. The summed E-state index contributed by atoms with van der Waals surface area (Å²) in [4.78, 5) is 14.7. The number of hydrogen-bond donors (Lipinski definition) is 2. The number of urea groups is 1. The van der Waals surface area contributed by atoms with Gasteiger partial charge in [0.1, 0.15) is 0 Å². The number of piperidine rings is 1. The topological polar surface area (TPSA) is 62.8 Å². The second kappa shape index (κ2) is 6.89. The minimum atomic E-state index is -0.104. The second-order valence-electron chi connectivity index (χ2n) is 7.00. The lowest BCUT2D eigenvalue weighted by Gasteiger charge is -2.32. The lowest BCUT2D eigenvalue weighted by atomic mass is 10.0. The molecule has 1 aromatic rings. The molecule has 2 fully saturated rings. The first-order valence-electron chi connectivity index (χ1n) is 8.92. The molecule has 1 aromatic carbocycles. The third-order valence-corrected chi connectivity index (χ3v) is 5.05.